The minimum Gasteiger partial charge on any atom is -0.385 e. The number of nitrogens with one attached hydrogen (secondary N) is 1. The molecule has 0 bridgehead atoms. The molecule has 1 atom stereocenters. The van der Waals surface area contributed by atoms with Gasteiger partial charge in [0.15, 0.2) is 0 Å². The molecule has 1 rings (SSSR count). The summed E-state index contributed by atoms with van der Waals surface area (Å²) >= 11 is 0. The Kier molecular flexibility index (Phi) is 6.91. The molecule has 0 fully saturated rings. The summed E-state index contributed by atoms with van der Waals surface area (Å²) in [6.07, 6.45) is 3.03. The maximum absolute atomic E-state index is 13.4. The van der Waals surface area contributed by atoms with Crippen molar-refractivity contribution >= 4 is 0 Å². The minimum absolute atomic E-state index is 0.153. The van der Waals surface area contributed by atoms with E-state index in [1.807, 2.05) is 6.92 Å². The van der Waals surface area contributed by atoms with Crippen molar-refractivity contribution in [2.24, 2.45) is 0 Å². The number of rotatable bonds is 8. The summed E-state index contributed by atoms with van der Waals surface area (Å²) in [5.74, 6) is -0.153. The average Bonchev–Trinajstić information content (AvgIpc) is 2.32. The second-order valence-electron chi connectivity index (χ2n) is 4.70. The number of hydrogen-bond acceptors (Lipinski definition) is 2. The highest BCUT2D eigenvalue weighted by atomic mass is 19.1. The third-order valence-corrected chi connectivity index (χ3v) is 2.95. The molecule has 0 radical (unpaired) electrons. The molecule has 1 aromatic carbocycles. The van der Waals surface area contributed by atoms with Crippen molar-refractivity contribution in [2.45, 2.75) is 39.2 Å². The van der Waals surface area contributed by atoms with Crippen LogP contribution < -0.4 is 5.32 Å². The Morgan fingerprint density at radius 2 is 2.11 bits per heavy atom. The molecule has 102 valence electrons. The zero-order valence-electron chi connectivity index (χ0n) is 11.6. The van der Waals surface area contributed by atoms with Gasteiger partial charge in [0.05, 0.1) is 0 Å². The highest BCUT2D eigenvalue weighted by Crippen LogP contribution is 2.21. The van der Waals surface area contributed by atoms with Crippen LogP contribution in [0.4, 0.5) is 4.39 Å². The summed E-state index contributed by atoms with van der Waals surface area (Å²) in [4.78, 5) is 0. The Bertz CT molecular complexity index is 334. The molecule has 1 aromatic rings. The number of ether oxygens (including phenoxy) is 1. The van der Waals surface area contributed by atoms with Crippen molar-refractivity contribution in [3.05, 3.63) is 35.1 Å². The molecule has 2 nitrogen and oxygen atoms in total. The Morgan fingerprint density at radius 1 is 1.33 bits per heavy atom. The molecule has 0 aliphatic heterocycles. The van der Waals surface area contributed by atoms with Crippen molar-refractivity contribution in [2.75, 3.05) is 20.3 Å². The van der Waals surface area contributed by atoms with E-state index in [1.54, 1.807) is 19.2 Å². The Morgan fingerprint density at radius 3 is 2.72 bits per heavy atom. The molecule has 18 heavy (non-hydrogen) atoms. The largest absolute Gasteiger partial charge is 0.385 e. The normalized spacial score (nSPS) is 12.7. The molecule has 1 N–H and O–H groups in total. The fourth-order valence-electron chi connectivity index (χ4n) is 2.10. The van der Waals surface area contributed by atoms with E-state index in [2.05, 4.69) is 18.3 Å². The second-order valence-corrected chi connectivity index (χ2v) is 4.70. The van der Waals surface area contributed by atoms with Gasteiger partial charge in [0.25, 0.3) is 0 Å². The van der Waals surface area contributed by atoms with Gasteiger partial charge in [-0.05, 0) is 56.0 Å². The number of halogens is 1. The molecular formula is C15H24FNO. The van der Waals surface area contributed by atoms with Crippen LogP contribution in [0.3, 0.4) is 0 Å². The molecule has 0 aromatic heterocycles. The maximum Gasteiger partial charge on any atom is 0.123 e. The van der Waals surface area contributed by atoms with Crippen molar-refractivity contribution < 1.29 is 9.13 Å². The molecule has 0 saturated heterocycles. The molecule has 0 amide bonds. The molecule has 0 heterocycles. The van der Waals surface area contributed by atoms with Crippen LogP contribution in [0.15, 0.2) is 18.2 Å². The lowest BCUT2D eigenvalue weighted by Gasteiger charge is -2.19. The molecular weight excluding hydrogens is 229 g/mol. The lowest BCUT2D eigenvalue weighted by molar-refractivity contribution is 0.188. The summed E-state index contributed by atoms with van der Waals surface area (Å²) in [5.41, 5.74) is 2.01. The van der Waals surface area contributed by atoms with Crippen LogP contribution in [0.1, 0.15) is 43.4 Å². The number of methoxy groups -OCH3 is 1. The highest BCUT2D eigenvalue weighted by Gasteiger charge is 2.11. The van der Waals surface area contributed by atoms with Crippen molar-refractivity contribution in [1.82, 2.24) is 5.32 Å². The summed E-state index contributed by atoms with van der Waals surface area (Å²) in [7, 11) is 1.71. The Hall–Kier alpha value is -0.930. The van der Waals surface area contributed by atoms with E-state index >= 15 is 0 Å². The molecule has 0 spiro atoms. The smallest absolute Gasteiger partial charge is 0.123 e. The maximum atomic E-state index is 13.4. The van der Waals surface area contributed by atoms with Gasteiger partial charge >= 0.3 is 0 Å². The highest BCUT2D eigenvalue weighted by molar-refractivity contribution is 5.26. The van der Waals surface area contributed by atoms with E-state index in [0.717, 1.165) is 43.5 Å². The van der Waals surface area contributed by atoms with Crippen LogP contribution in [-0.4, -0.2) is 20.3 Å². The monoisotopic (exact) mass is 253 g/mol. The Labute approximate surface area is 110 Å². The third kappa shape index (κ3) is 5.15. The van der Waals surface area contributed by atoms with E-state index in [0.29, 0.717) is 0 Å². The van der Waals surface area contributed by atoms with Gasteiger partial charge in [-0.15, -0.1) is 0 Å². The van der Waals surface area contributed by atoms with E-state index < -0.39 is 0 Å². The summed E-state index contributed by atoms with van der Waals surface area (Å²) in [5, 5.41) is 3.48. The van der Waals surface area contributed by atoms with Crippen molar-refractivity contribution in [3.63, 3.8) is 0 Å². The zero-order valence-corrected chi connectivity index (χ0v) is 11.6. The number of benzene rings is 1. The predicted octanol–water partition coefficient (Wildman–Crippen LogP) is 3.60. The first-order valence-electron chi connectivity index (χ1n) is 6.66. The first-order valence-corrected chi connectivity index (χ1v) is 6.66. The third-order valence-electron chi connectivity index (χ3n) is 2.95. The Balaban J connectivity index is 2.72. The molecule has 3 heteroatoms. The number of aryl methyl sites for hydroxylation is 1. The van der Waals surface area contributed by atoms with Crippen LogP contribution >= 0.6 is 0 Å². The molecule has 0 aliphatic rings. The van der Waals surface area contributed by atoms with Crippen LogP contribution in [-0.2, 0) is 4.74 Å². The van der Waals surface area contributed by atoms with Gasteiger partial charge < -0.3 is 10.1 Å². The van der Waals surface area contributed by atoms with Gasteiger partial charge in [0.2, 0.25) is 0 Å². The van der Waals surface area contributed by atoms with Crippen LogP contribution in [0.2, 0.25) is 0 Å². The van der Waals surface area contributed by atoms with E-state index in [1.165, 1.54) is 0 Å². The minimum atomic E-state index is -0.153. The quantitative estimate of drug-likeness (QED) is 0.715. The van der Waals surface area contributed by atoms with Gasteiger partial charge in [0, 0.05) is 19.8 Å². The fraction of sp³-hybridized carbons (Fsp3) is 0.600. The van der Waals surface area contributed by atoms with Crippen LogP contribution in [0.25, 0.3) is 0 Å². The van der Waals surface area contributed by atoms with Gasteiger partial charge in [0.1, 0.15) is 5.82 Å². The van der Waals surface area contributed by atoms with Crippen molar-refractivity contribution in [3.8, 4) is 0 Å². The van der Waals surface area contributed by atoms with Gasteiger partial charge in [-0.25, -0.2) is 4.39 Å². The van der Waals surface area contributed by atoms with Crippen molar-refractivity contribution in [1.29, 1.82) is 0 Å². The van der Waals surface area contributed by atoms with Crippen LogP contribution in [0.5, 0.6) is 0 Å². The lowest BCUT2D eigenvalue weighted by Crippen LogP contribution is -2.22. The zero-order chi connectivity index (χ0) is 13.4. The van der Waals surface area contributed by atoms with Gasteiger partial charge in [-0.2, -0.15) is 0 Å². The first kappa shape index (κ1) is 15.1. The topological polar surface area (TPSA) is 21.3 Å². The van der Waals surface area contributed by atoms with E-state index in [4.69, 9.17) is 4.74 Å². The van der Waals surface area contributed by atoms with E-state index in [-0.39, 0.29) is 11.9 Å². The standard InChI is InChI=1S/C15H24FNO/c1-4-7-17-15(6-5-8-18-3)13-9-12(2)10-14(16)11-13/h9-11,15,17H,4-8H2,1-3H3. The molecule has 0 saturated carbocycles. The first-order chi connectivity index (χ1) is 8.67. The van der Waals surface area contributed by atoms with Gasteiger partial charge in [-0.3, -0.25) is 0 Å². The van der Waals surface area contributed by atoms with E-state index in [9.17, 15) is 4.39 Å². The summed E-state index contributed by atoms with van der Waals surface area (Å²) in [6, 6.07) is 5.47. The van der Waals surface area contributed by atoms with Gasteiger partial charge in [-0.1, -0.05) is 13.0 Å². The summed E-state index contributed by atoms with van der Waals surface area (Å²) in [6.45, 7) is 5.76. The molecule has 1 unspecified atom stereocenters. The molecule has 0 aliphatic carbocycles. The summed E-state index contributed by atoms with van der Waals surface area (Å²) < 4.78 is 18.5. The average molecular weight is 253 g/mol. The fourth-order valence-corrected chi connectivity index (χ4v) is 2.10. The lowest BCUT2D eigenvalue weighted by atomic mass is 10.00. The SMILES string of the molecule is CCCNC(CCCOC)c1cc(C)cc(F)c1. The van der Waals surface area contributed by atoms with Crippen LogP contribution in [0, 0.1) is 12.7 Å². The predicted molar refractivity (Wildman–Crippen MR) is 73.3 cm³/mol. The second kappa shape index (κ2) is 8.22. The number of hydrogen-bond donors (Lipinski definition) is 1.